The minimum Gasteiger partial charge on any atom is -0.454 e. The highest BCUT2D eigenvalue weighted by Crippen LogP contribution is 2.48. The summed E-state index contributed by atoms with van der Waals surface area (Å²) >= 11 is 0. The molecule has 3 heteroatoms. The number of benzene rings is 7. The van der Waals surface area contributed by atoms with E-state index in [1.807, 2.05) is 30.3 Å². The van der Waals surface area contributed by atoms with Crippen LogP contribution >= 0.6 is 0 Å². The van der Waals surface area contributed by atoms with Crippen molar-refractivity contribution in [3.05, 3.63) is 152 Å². The molecule has 9 rings (SSSR count). The molecule has 0 amide bonds. The van der Waals surface area contributed by atoms with E-state index in [1.165, 1.54) is 16.5 Å². The van der Waals surface area contributed by atoms with Crippen LogP contribution in [0.1, 0.15) is 0 Å². The van der Waals surface area contributed by atoms with Crippen molar-refractivity contribution in [3.63, 3.8) is 0 Å². The lowest BCUT2D eigenvalue weighted by atomic mass is 10.0. The first-order valence-corrected chi connectivity index (χ1v) is 14.5. The summed E-state index contributed by atoms with van der Waals surface area (Å²) in [6.45, 7) is 0. The molecule has 0 radical (unpaired) electrons. The molecule has 0 aliphatic heterocycles. The Morgan fingerprint density at radius 3 is 1.81 bits per heavy atom. The Bertz CT molecular complexity index is 2450. The zero-order valence-electron chi connectivity index (χ0n) is 23.2. The zero-order valence-corrected chi connectivity index (χ0v) is 23.2. The van der Waals surface area contributed by atoms with Gasteiger partial charge in [0.05, 0.1) is 11.4 Å². The van der Waals surface area contributed by atoms with Crippen LogP contribution in [-0.4, -0.2) is 0 Å². The van der Waals surface area contributed by atoms with Gasteiger partial charge in [-0.2, -0.15) is 0 Å². The molecule has 0 saturated carbocycles. The maximum absolute atomic E-state index is 6.71. The molecule has 0 spiro atoms. The van der Waals surface area contributed by atoms with Crippen molar-refractivity contribution in [2.45, 2.75) is 0 Å². The Morgan fingerprint density at radius 1 is 0.395 bits per heavy atom. The Labute approximate surface area is 247 Å². The van der Waals surface area contributed by atoms with Crippen LogP contribution in [0, 0.1) is 0 Å². The van der Waals surface area contributed by atoms with Crippen LogP contribution in [-0.2, 0) is 0 Å². The fourth-order valence-corrected chi connectivity index (χ4v) is 6.47. The average molecular weight is 552 g/mol. The Morgan fingerprint density at radius 2 is 1.00 bits per heavy atom. The first-order valence-electron chi connectivity index (χ1n) is 14.5. The average Bonchev–Trinajstić information content (AvgIpc) is 3.66. The molecule has 0 aliphatic carbocycles. The number of rotatable bonds is 4. The molecule has 3 nitrogen and oxygen atoms in total. The van der Waals surface area contributed by atoms with Gasteiger partial charge in [0.2, 0.25) is 0 Å². The Hall–Kier alpha value is -5.80. The van der Waals surface area contributed by atoms with Crippen molar-refractivity contribution in [2.75, 3.05) is 4.90 Å². The fraction of sp³-hybridized carbons (Fsp3) is 0. The maximum atomic E-state index is 6.71. The predicted octanol–water partition coefficient (Wildman–Crippen LogP) is 11.8. The van der Waals surface area contributed by atoms with Crippen LogP contribution in [0.15, 0.2) is 160 Å². The third kappa shape index (κ3) is 3.68. The number of fused-ring (bicyclic) bond motifs is 8. The van der Waals surface area contributed by atoms with Crippen molar-refractivity contribution < 1.29 is 8.83 Å². The van der Waals surface area contributed by atoms with Gasteiger partial charge >= 0.3 is 0 Å². The Balaban J connectivity index is 1.38. The van der Waals surface area contributed by atoms with E-state index in [4.69, 9.17) is 8.83 Å². The largest absolute Gasteiger partial charge is 0.454 e. The summed E-state index contributed by atoms with van der Waals surface area (Å²) in [5.41, 5.74) is 8.72. The van der Waals surface area contributed by atoms with Gasteiger partial charge in [0.25, 0.3) is 0 Å². The highest BCUT2D eigenvalue weighted by Gasteiger charge is 2.24. The minimum atomic E-state index is 0.841. The molecule has 202 valence electrons. The van der Waals surface area contributed by atoms with Gasteiger partial charge in [-0.3, -0.25) is 0 Å². The summed E-state index contributed by atoms with van der Waals surface area (Å²) in [7, 11) is 0. The molecular formula is C40H25NO2. The lowest BCUT2D eigenvalue weighted by Crippen LogP contribution is -2.10. The van der Waals surface area contributed by atoms with E-state index < -0.39 is 0 Å². The normalized spacial score (nSPS) is 11.7. The van der Waals surface area contributed by atoms with E-state index in [1.54, 1.807) is 0 Å². The third-order valence-corrected chi connectivity index (χ3v) is 8.45. The summed E-state index contributed by atoms with van der Waals surface area (Å²) in [6, 6.07) is 53.0. The summed E-state index contributed by atoms with van der Waals surface area (Å²) in [5.74, 6) is 0. The number of nitrogens with zero attached hydrogens (tertiary/aromatic N) is 1. The molecule has 7 aromatic carbocycles. The molecule has 0 unspecified atom stereocenters. The second-order valence-corrected chi connectivity index (χ2v) is 10.9. The smallest absolute Gasteiger partial charge is 0.160 e. The summed E-state index contributed by atoms with van der Waals surface area (Å²) in [6.07, 6.45) is 0. The van der Waals surface area contributed by atoms with Crippen molar-refractivity contribution in [1.82, 2.24) is 0 Å². The van der Waals surface area contributed by atoms with Gasteiger partial charge in [0.15, 0.2) is 11.2 Å². The molecule has 2 heterocycles. The van der Waals surface area contributed by atoms with Gasteiger partial charge in [0.1, 0.15) is 11.2 Å². The van der Waals surface area contributed by atoms with Crippen molar-refractivity contribution >= 4 is 71.7 Å². The summed E-state index contributed by atoms with van der Waals surface area (Å²) in [4.78, 5) is 2.29. The van der Waals surface area contributed by atoms with E-state index >= 15 is 0 Å². The molecule has 0 aliphatic rings. The number of anilines is 3. The zero-order chi connectivity index (χ0) is 28.3. The van der Waals surface area contributed by atoms with E-state index in [9.17, 15) is 0 Å². The molecule has 9 aromatic rings. The van der Waals surface area contributed by atoms with E-state index in [0.717, 1.165) is 66.3 Å². The van der Waals surface area contributed by atoms with Gasteiger partial charge < -0.3 is 13.7 Å². The van der Waals surface area contributed by atoms with Crippen LogP contribution in [0.5, 0.6) is 0 Å². The van der Waals surface area contributed by atoms with Crippen LogP contribution in [0.4, 0.5) is 17.1 Å². The molecule has 2 aromatic heterocycles. The second kappa shape index (κ2) is 9.37. The predicted molar refractivity (Wildman–Crippen MR) is 179 cm³/mol. The number of furan rings is 2. The van der Waals surface area contributed by atoms with Gasteiger partial charge in [-0.15, -0.1) is 0 Å². The molecular weight excluding hydrogens is 526 g/mol. The van der Waals surface area contributed by atoms with Crippen LogP contribution in [0.25, 0.3) is 65.8 Å². The molecule has 0 saturated heterocycles. The lowest BCUT2D eigenvalue weighted by Gasteiger charge is -2.26. The quantitative estimate of drug-likeness (QED) is 0.218. The van der Waals surface area contributed by atoms with E-state index in [2.05, 4.69) is 126 Å². The molecule has 0 N–H and O–H groups in total. The number of hydrogen-bond donors (Lipinski definition) is 0. The highest BCUT2D eigenvalue weighted by atomic mass is 16.3. The van der Waals surface area contributed by atoms with Crippen molar-refractivity contribution in [3.8, 4) is 11.1 Å². The maximum Gasteiger partial charge on any atom is 0.160 e. The van der Waals surface area contributed by atoms with E-state index in [0.29, 0.717) is 0 Å². The standard InChI is InChI=1S/C40H25NO2/c1-2-11-26(12-3-1)27-21-23-29(24-22-27)41(34-18-10-17-32-31-15-6-8-19-36(31)42-39(32)34)35-25-28-13-4-5-14-30(28)38-33-16-7-9-20-37(33)43-40(35)38/h1-25H. The molecule has 0 fully saturated rings. The first kappa shape index (κ1) is 23.9. The molecule has 43 heavy (non-hydrogen) atoms. The number of hydrogen-bond acceptors (Lipinski definition) is 3. The minimum absolute atomic E-state index is 0.841. The van der Waals surface area contributed by atoms with Gasteiger partial charge in [-0.05, 0) is 58.3 Å². The van der Waals surface area contributed by atoms with Gasteiger partial charge in [-0.1, -0.05) is 115 Å². The summed E-state index contributed by atoms with van der Waals surface area (Å²) in [5, 5.41) is 6.74. The monoisotopic (exact) mass is 551 g/mol. The van der Waals surface area contributed by atoms with Crippen molar-refractivity contribution in [2.24, 2.45) is 0 Å². The van der Waals surface area contributed by atoms with Gasteiger partial charge in [-0.25, -0.2) is 0 Å². The molecule has 0 atom stereocenters. The number of para-hydroxylation sites is 3. The fourth-order valence-electron chi connectivity index (χ4n) is 6.47. The molecule has 0 bridgehead atoms. The SMILES string of the molecule is c1ccc(-c2ccc(N(c3cccc4c3oc3ccccc34)c3cc4ccccc4c4c3oc3ccccc34)cc2)cc1. The summed E-state index contributed by atoms with van der Waals surface area (Å²) < 4.78 is 13.3. The van der Waals surface area contributed by atoms with Crippen molar-refractivity contribution in [1.29, 1.82) is 0 Å². The lowest BCUT2D eigenvalue weighted by molar-refractivity contribution is 0.666. The van der Waals surface area contributed by atoms with E-state index in [-0.39, 0.29) is 0 Å². The van der Waals surface area contributed by atoms with Crippen LogP contribution < -0.4 is 4.90 Å². The van der Waals surface area contributed by atoms with Crippen LogP contribution in [0.3, 0.4) is 0 Å². The topological polar surface area (TPSA) is 29.5 Å². The second-order valence-electron chi connectivity index (χ2n) is 10.9. The van der Waals surface area contributed by atoms with Gasteiger partial charge in [0, 0.05) is 27.2 Å². The first-order chi connectivity index (χ1) is 21.3. The third-order valence-electron chi connectivity index (χ3n) is 8.45. The Kier molecular flexibility index (Phi) is 5.20. The highest BCUT2D eigenvalue weighted by molar-refractivity contribution is 6.23. The van der Waals surface area contributed by atoms with Crippen LogP contribution in [0.2, 0.25) is 0 Å².